The van der Waals surface area contributed by atoms with Gasteiger partial charge in [0.2, 0.25) is 0 Å². The van der Waals surface area contributed by atoms with E-state index in [0.29, 0.717) is 10.6 Å². The number of hydrazone groups is 1. The van der Waals surface area contributed by atoms with E-state index in [1.54, 1.807) is 19.1 Å². The quantitative estimate of drug-likeness (QED) is 0.465. The van der Waals surface area contributed by atoms with E-state index in [4.69, 9.17) is 16.3 Å². The van der Waals surface area contributed by atoms with Gasteiger partial charge in [-0.1, -0.05) is 11.6 Å². The number of carbonyl (C=O) groups excluding carboxylic acids is 1. The lowest BCUT2D eigenvalue weighted by Gasteiger charge is -2.08. The minimum atomic E-state index is -0.619. The molecule has 8 nitrogen and oxygen atoms in total. The Bertz CT molecular complexity index is 821. The van der Waals surface area contributed by atoms with E-state index in [2.05, 4.69) is 10.5 Å². The van der Waals surface area contributed by atoms with E-state index in [1.165, 1.54) is 12.1 Å². The normalized spacial score (nSPS) is 10.6. The van der Waals surface area contributed by atoms with Crippen molar-refractivity contribution in [2.75, 3.05) is 6.61 Å². The Kier molecular flexibility index (Phi) is 5.91. The predicted molar refractivity (Wildman–Crippen MR) is 92.4 cm³/mol. The van der Waals surface area contributed by atoms with E-state index in [9.17, 15) is 20.0 Å². The molecule has 2 rings (SSSR count). The van der Waals surface area contributed by atoms with Crippen LogP contribution in [0.3, 0.4) is 0 Å². The minimum Gasteiger partial charge on any atom is -0.504 e. The highest BCUT2D eigenvalue weighted by molar-refractivity contribution is 6.30. The molecule has 25 heavy (non-hydrogen) atoms. The van der Waals surface area contributed by atoms with Crippen LogP contribution in [-0.2, 0) is 0 Å². The molecule has 0 spiro atoms. The number of ether oxygens (including phenoxy) is 1. The Morgan fingerprint density at radius 3 is 2.68 bits per heavy atom. The van der Waals surface area contributed by atoms with Crippen molar-refractivity contribution in [3.05, 3.63) is 62.7 Å². The molecule has 2 aromatic rings. The number of phenols is 1. The molecule has 0 saturated carbocycles. The number of rotatable bonds is 6. The average molecular weight is 364 g/mol. The molecule has 0 bridgehead atoms. The molecule has 0 unspecified atom stereocenters. The molecular formula is C16H14ClN3O5. The lowest BCUT2D eigenvalue weighted by Crippen LogP contribution is -2.17. The number of benzene rings is 2. The smallest absolute Gasteiger partial charge is 0.274 e. The summed E-state index contributed by atoms with van der Waals surface area (Å²) in [5.74, 6) is -0.845. The second kappa shape index (κ2) is 8.11. The van der Waals surface area contributed by atoms with E-state index in [1.807, 2.05) is 0 Å². The first-order chi connectivity index (χ1) is 11.9. The first-order valence-corrected chi connectivity index (χ1v) is 7.53. The zero-order valence-electron chi connectivity index (χ0n) is 13.1. The Balaban J connectivity index is 2.20. The van der Waals surface area contributed by atoms with Crippen LogP contribution in [0.25, 0.3) is 0 Å². The van der Waals surface area contributed by atoms with Crippen LogP contribution in [0.5, 0.6) is 11.5 Å². The van der Waals surface area contributed by atoms with Gasteiger partial charge in [-0.2, -0.15) is 5.10 Å². The highest BCUT2D eigenvalue weighted by Gasteiger charge is 2.16. The van der Waals surface area contributed by atoms with Crippen molar-refractivity contribution in [3.63, 3.8) is 0 Å². The van der Waals surface area contributed by atoms with Gasteiger partial charge in [0.1, 0.15) is 0 Å². The number of halogens is 1. The second-order valence-corrected chi connectivity index (χ2v) is 5.21. The topological polar surface area (TPSA) is 114 Å². The van der Waals surface area contributed by atoms with Crippen LogP contribution in [0.1, 0.15) is 22.8 Å². The number of carbonyl (C=O) groups is 1. The molecule has 0 radical (unpaired) electrons. The zero-order valence-corrected chi connectivity index (χ0v) is 13.9. The number of nitrogens with one attached hydrogen (secondary N) is 1. The lowest BCUT2D eigenvalue weighted by molar-refractivity contribution is -0.385. The van der Waals surface area contributed by atoms with Gasteiger partial charge in [0.25, 0.3) is 11.6 Å². The van der Waals surface area contributed by atoms with Crippen molar-refractivity contribution in [3.8, 4) is 11.5 Å². The fourth-order valence-electron chi connectivity index (χ4n) is 1.91. The van der Waals surface area contributed by atoms with Crippen LogP contribution in [0.2, 0.25) is 5.02 Å². The van der Waals surface area contributed by atoms with Gasteiger partial charge in [-0.05, 0) is 31.2 Å². The lowest BCUT2D eigenvalue weighted by atomic mass is 10.1. The fraction of sp³-hybridized carbons (Fsp3) is 0.125. The molecule has 0 heterocycles. The third-order valence-electron chi connectivity index (χ3n) is 3.08. The van der Waals surface area contributed by atoms with Gasteiger partial charge in [0.05, 0.1) is 23.8 Å². The van der Waals surface area contributed by atoms with Crippen molar-refractivity contribution in [2.24, 2.45) is 5.10 Å². The molecule has 0 fully saturated rings. The number of nitro benzene ring substituents is 1. The van der Waals surface area contributed by atoms with Crippen molar-refractivity contribution >= 4 is 29.4 Å². The maximum Gasteiger partial charge on any atom is 0.274 e. The number of aromatic hydroxyl groups is 1. The summed E-state index contributed by atoms with van der Waals surface area (Å²) in [5, 5.41) is 25.2. The molecule has 0 atom stereocenters. The molecule has 9 heteroatoms. The van der Waals surface area contributed by atoms with Gasteiger partial charge < -0.3 is 9.84 Å². The van der Waals surface area contributed by atoms with Gasteiger partial charge >= 0.3 is 0 Å². The summed E-state index contributed by atoms with van der Waals surface area (Å²) in [6, 6.07) is 8.39. The van der Waals surface area contributed by atoms with Gasteiger partial charge in [-0.25, -0.2) is 5.43 Å². The summed E-state index contributed by atoms with van der Waals surface area (Å²) >= 11 is 5.74. The number of phenolic OH excluding ortho intramolecular Hbond substituents is 1. The Hall–Kier alpha value is -3.13. The first-order valence-electron chi connectivity index (χ1n) is 7.15. The number of hydrogen-bond acceptors (Lipinski definition) is 6. The van der Waals surface area contributed by atoms with Crippen molar-refractivity contribution in [2.45, 2.75) is 6.92 Å². The molecule has 2 N–H and O–H groups in total. The van der Waals surface area contributed by atoms with Crippen LogP contribution in [0, 0.1) is 10.1 Å². The van der Waals surface area contributed by atoms with Gasteiger partial charge in [0, 0.05) is 22.2 Å². The summed E-state index contributed by atoms with van der Waals surface area (Å²) in [4.78, 5) is 22.3. The van der Waals surface area contributed by atoms with Gasteiger partial charge in [0.15, 0.2) is 11.5 Å². The van der Waals surface area contributed by atoms with Crippen molar-refractivity contribution < 1.29 is 19.6 Å². The number of nitrogens with zero attached hydrogens (tertiary/aromatic N) is 2. The average Bonchev–Trinajstić information content (AvgIpc) is 2.58. The predicted octanol–water partition coefficient (Wildman–Crippen LogP) is 3.12. The third kappa shape index (κ3) is 4.67. The number of hydrogen-bond donors (Lipinski definition) is 2. The molecule has 2 aromatic carbocycles. The maximum atomic E-state index is 11.9. The van der Waals surface area contributed by atoms with Crippen LogP contribution in [-0.4, -0.2) is 28.8 Å². The summed E-state index contributed by atoms with van der Waals surface area (Å²) in [6.07, 6.45) is 1.10. The second-order valence-electron chi connectivity index (χ2n) is 4.78. The highest BCUT2D eigenvalue weighted by Crippen LogP contribution is 2.33. The van der Waals surface area contributed by atoms with Crippen molar-refractivity contribution in [1.29, 1.82) is 0 Å². The van der Waals surface area contributed by atoms with Crippen LogP contribution < -0.4 is 10.2 Å². The molecule has 130 valence electrons. The third-order valence-corrected chi connectivity index (χ3v) is 3.33. The fourth-order valence-corrected chi connectivity index (χ4v) is 2.04. The summed E-state index contributed by atoms with van der Waals surface area (Å²) < 4.78 is 5.16. The SMILES string of the molecule is CCOc1cc([N+](=O)[O-])cc(/C=N\NC(=O)c2ccc(Cl)cc2)c1O. The van der Waals surface area contributed by atoms with Crippen LogP contribution >= 0.6 is 11.6 Å². The van der Waals surface area contributed by atoms with Crippen LogP contribution in [0.15, 0.2) is 41.5 Å². The van der Waals surface area contributed by atoms with Gasteiger partial charge in [-0.15, -0.1) is 0 Å². The standard InChI is InChI=1S/C16H14ClN3O5/c1-2-25-14-8-13(20(23)24)7-11(15(14)21)9-18-19-16(22)10-3-5-12(17)6-4-10/h3-9,21H,2H2,1H3,(H,19,22)/b18-9-. The molecule has 1 amide bonds. The summed E-state index contributed by atoms with van der Waals surface area (Å²) in [5.41, 5.74) is 2.36. The highest BCUT2D eigenvalue weighted by atomic mass is 35.5. The molecular weight excluding hydrogens is 350 g/mol. The molecule has 0 aliphatic carbocycles. The Morgan fingerprint density at radius 2 is 2.08 bits per heavy atom. The summed E-state index contributed by atoms with van der Waals surface area (Å²) in [6.45, 7) is 1.90. The minimum absolute atomic E-state index is 0.0362. The molecule has 0 aliphatic rings. The maximum absolute atomic E-state index is 11.9. The van der Waals surface area contributed by atoms with Crippen molar-refractivity contribution in [1.82, 2.24) is 5.43 Å². The van der Waals surface area contributed by atoms with Crippen LogP contribution in [0.4, 0.5) is 5.69 Å². The Labute approximate surface area is 147 Å². The largest absolute Gasteiger partial charge is 0.504 e. The van der Waals surface area contributed by atoms with E-state index < -0.39 is 10.8 Å². The van der Waals surface area contributed by atoms with E-state index >= 15 is 0 Å². The molecule has 0 saturated heterocycles. The van der Waals surface area contributed by atoms with E-state index in [-0.39, 0.29) is 29.4 Å². The van der Waals surface area contributed by atoms with E-state index in [0.717, 1.165) is 18.3 Å². The zero-order chi connectivity index (χ0) is 18.4. The first kappa shape index (κ1) is 18.2. The number of non-ortho nitro benzene ring substituents is 1. The molecule has 0 aromatic heterocycles. The monoisotopic (exact) mass is 363 g/mol. The number of nitro groups is 1. The number of amides is 1. The summed E-state index contributed by atoms with van der Waals surface area (Å²) in [7, 11) is 0. The Morgan fingerprint density at radius 1 is 1.40 bits per heavy atom. The van der Waals surface area contributed by atoms with Gasteiger partial charge in [-0.3, -0.25) is 14.9 Å². The molecule has 0 aliphatic heterocycles.